The lowest BCUT2D eigenvalue weighted by Crippen LogP contribution is -2.50. The lowest BCUT2D eigenvalue weighted by molar-refractivity contribution is -0.140. The SMILES string of the molecule is CC(CNC(=O)N1CSCC1C(=O)O)N(C)C1CC1. The van der Waals surface area contributed by atoms with Crippen molar-refractivity contribution in [3.8, 4) is 0 Å². The predicted molar refractivity (Wildman–Crippen MR) is 74.2 cm³/mol. The first-order valence-electron chi connectivity index (χ1n) is 6.57. The van der Waals surface area contributed by atoms with E-state index in [1.807, 2.05) is 0 Å². The van der Waals surface area contributed by atoms with Crippen molar-refractivity contribution in [3.05, 3.63) is 0 Å². The van der Waals surface area contributed by atoms with Gasteiger partial charge in [0.25, 0.3) is 0 Å². The normalized spacial score (nSPS) is 24.6. The summed E-state index contributed by atoms with van der Waals surface area (Å²) in [4.78, 5) is 26.7. The highest BCUT2D eigenvalue weighted by Crippen LogP contribution is 2.26. The Morgan fingerprint density at radius 2 is 2.21 bits per heavy atom. The van der Waals surface area contributed by atoms with E-state index < -0.39 is 12.0 Å². The second kappa shape index (κ2) is 6.00. The van der Waals surface area contributed by atoms with Crippen LogP contribution in [0.1, 0.15) is 19.8 Å². The van der Waals surface area contributed by atoms with Gasteiger partial charge in [-0.3, -0.25) is 4.90 Å². The molecule has 2 fully saturated rings. The van der Waals surface area contributed by atoms with E-state index in [4.69, 9.17) is 5.11 Å². The van der Waals surface area contributed by atoms with Gasteiger partial charge in [-0.05, 0) is 26.8 Å². The van der Waals surface area contributed by atoms with Crippen LogP contribution < -0.4 is 5.32 Å². The number of aliphatic carboxylic acids is 1. The highest BCUT2D eigenvalue weighted by Gasteiger charge is 2.35. The van der Waals surface area contributed by atoms with Crippen molar-refractivity contribution < 1.29 is 14.7 Å². The Morgan fingerprint density at radius 1 is 1.53 bits per heavy atom. The number of carbonyl (C=O) groups is 2. The van der Waals surface area contributed by atoms with Crippen LogP contribution >= 0.6 is 11.8 Å². The number of hydrogen-bond acceptors (Lipinski definition) is 4. The van der Waals surface area contributed by atoms with Gasteiger partial charge in [0.15, 0.2) is 0 Å². The zero-order valence-electron chi connectivity index (χ0n) is 11.3. The Hall–Kier alpha value is -0.950. The number of amides is 2. The fourth-order valence-corrected chi connectivity index (χ4v) is 3.31. The maximum atomic E-state index is 12.0. The van der Waals surface area contributed by atoms with Crippen LogP contribution in [-0.2, 0) is 4.79 Å². The van der Waals surface area contributed by atoms with Crippen molar-refractivity contribution in [1.29, 1.82) is 0 Å². The van der Waals surface area contributed by atoms with Crippen LogP contribution in [0.4, 0.5) is 4.79 Å². The number of carboxylic acid groups (broad SMARTS) is 1. The molecule has 0 aromatic heterocycles. The summed E-state index contributed by atoms with van der Waals surface area (Å²) in [7, 11) is 2.07. The molecule has 0 aromatic rings. The molecule has 2 atom stereocenters. The molecule has 2 rings (SSSR count). The number of carbonyl (C=O) groups excluding carboxylic acids is 1. The second-order valence-corrected chi connectivity index (χ2v) is 6.26. The summed E-state index contributed by atoms with van der Waals surface area (Å²) >= 11 is 1.48. The number of carboxylic acids is 1. The van der Waals surface area contributed by atoms with Crippen molar-refractivity contribution in [2.45, 2.75) is 37.9 Å². The summed E-state index contributed by atoms with van der Waals surface area (Å²) in [6.07, 6.45) is 2.47. The van der Waals surface area contributed by atoms with Crippen molar-refractivity contribution in [2.75, 3.05) is 25.2 Å². The molecule has 19 heavy (non-hydrogen) atoms. The molecule has 0 bridgehead atoms. The number of hydrogen-bond donors (Lipinski definition) is 2. The highest BCUT2D eigenvalue weighted by atomic mass is 32.2. The van der Waals surface area contributed by atoms with Crippen LogP contribution in [0.3, 0.4) is 0 Å². The topological polar surface area (TPSA) is 72.9 Å². The van der Waals surface area contributed by atoms with E-state index in [-0.39, 0.29) is 12.1 Å². The fourth-order valence-electron chi connectivity index (χ4n) is 2.17. The monoisotopic (exact) mass is 287 g/mol. The zero-order valence-corrected chi connectivity index (χ0v) is 12.2. The molecule has 1 aliphatic carbocycles. The molecule has 1 heterocycles. The first kappa shape index (κ1) is 14.5. The largest absolute Gasteiger partial charge is 0.480 e. The third-order valence-electron chi connectivity index (χ3n) is 3.80. The average Bonchev–Trinajstić information content (AvgIpc) is 3.10. The molecule has 2 N–H and O–H groups in total. The smallest absolute Gasteiger partial charge is 0.327 e. The third-order valence-corrected chi connectivity index (χ3v) is 4.81. The van der Waals surface area contributed by atoms with Gasteiger partial charge >= 0.3 is 12.0 Å². The summed E-state index contributed by atoms with van der Waals surface area (Å²) < 4.78 is 0. The molecule has 0 spiro atoms. The minimum absolute atomic E-state index is 0.270. The summed E-state index contributed by atoms with van der Waals surface area (Å²) in [6.45, 7) is 2.63. The van der Waals surface area contributed by atoms with Gasteiger partial charge in [0, 0.05) is 24.4 Å². The Labute approximate surface area is 117 Å². The highest BCUT2D eigenvalue weighted by molar-refractivity contribution is 7.99. The first-order valence-corrected chi connectivity index (χ1v) is 7.73. The van der Waals surface area contributed by atoms with Crippen molar-refractivity contribution in [2.24, 2.45) is 0 Å². The third kappa shape index (κ3) is 3.54. The summed E-state index contributed by atoms with van der Waals surface area (Å²) in [5.41, 5.74) is 0. The molecule has 0 radical (unpaired) electrons. The number of thioether (sulfide) groups is 1. The molecule has 108 valence electrons. The van der Waals surface area contributed by atoms with E-state index in [0.717, 1.165) is 0 Å². The molecule has 0 aromatic carbocycles. The van der Waals surface area contributed by atoms with Crippen LogP contribution in [0.2, 0.25) is 0 Å². The van der Waals surface area contributed by atoms with Gasteiger partial charge in [-0.2, -0.15) is 0 Å². The molecule has 2 unspecified atom stereocenters. The van der Waals surface area contributed by atoms with Gasteiger partial charge in [-0.15, -0.1) is 11.8 Å². The lowest BCUT2D eigenvalue weighted by Gasteiger charge is -2.26. The van der Waals surface area contributed by atoms with E-state index in [1.54, 1.807) is 0 Å². The fraction of sp³-hybridized carbons (Fsp3) is 0.833. The van der Waals surface area contributed by atoms with E-state index in [1.165, 1.54) is 29.5 Å². The Kier molecular flexibility index (Phi) is 4.57. The number of likely N-dealkylation sites (N-methyl/N-ethyl adjacent to an activating group) is 1. The van der Waals surface area contributed by atoms with Gasteiger partial charge in [0.05, 0.1) is 5.88 Å². The van der Waals surface area contributed by atoms with Crippen LogP contribution in [0.5, 0.6) is 0 Å². The first-order chi connectivity index (χ1) is 9.00. The molecule has 6 nitrogen and oxygen atoms in total. The molecule has 2 amide bonds. The zero-order chi connectivity index (χ0) is 14.0. The lowest BCUT2D eigenvalue weighted by atomic mass is 10.3. The van der Waals surface area contributed by atoms with Crippen molar-refractivity contribution in [1.82, 2.24) is 15.1 Å². The average molecular weight is 287 g/mol. The molecule has 1 saturated heterocycles. The van der Waals surface area contributed by atoms with E-state index >= 15 is 0 Å². The molecular formula is C12H21N3O3S. The standard InChI is InChI=1S/C12H21N3O3S/c1-8(14(2)9-3-4-9)5-13-12(18)15-7-19-6-10(15)11(16)17/h8-10H,3-7H2,1-2H3,(H,13,18)(H,16,17). The van der Waals surface area contributed by atoms with Crippen LogP contribution in [0.25, 0.3) is 0 Å². The molecule has 1 saturated carbocycles. The van der Waals surface area contributed by atoms with Gasteiger partial charge in [0.1, 0.15) is 6.04 Å². The maximum absolute atomic E-state index is 12.0. The summed E-state index contributed by atoms with van der Waals surface area (Å²) in [5, 5.41) is 11.9. The van der Waals surface area contributed by atoms with Crippen LogP contribution in [0, 0.1) is 0 Å². The molecule has 2 aliphatic rings. The Morgan fingerprint density at radius 3 is 2.79 bits per heavy atom. The quantitative estimate of drug-likeness (QED) is 0.776. The van der Waals surface area contributed by atoms with Gasteiger partial charge in [0.2, 0.25) is 0 Å². The van der Waals surface area contributed by atoms with E-state index in [0.29, 0.717) is 24.2 Å². The molecule has 1 aliphatic heterocycles. The summed E-state index contributed by atoms with van der Waals surface area (Å²) in [6, 6.07) is -0.0362. The predicted octanol–water partition coefficient (Wildman–Crippen LogP) is 0.638. The molecular weight excluding hydrogens is 266 g/mol. The van der Waals surface area contributed by atoms with E-state index in [9.17, 15) is 9.59 Å². The Balaban J connectivity index is 1.78. The van der Waals surface area contributed by atoms with Crippen LogP contribution in [-0.4, -0.2) is 70.3 Å². The van der Waals surface area contributed by atoms with Gasteiger partial charge < -0.3 is 15.3 Å². The van der Waals surface area contributed by atoms with Crippen molar-refractivity contribution >= 4 is 23.8 Å². The second-order valence-electron chi connectivity index (χ2n) is 5.26. The maximum Gasteiger partial charge on any atom is 0.327 e. The Bertz CT molecular complexity index is 362. The number of nitrogens with one attached hydrogen (secondary N) is 1. The van der Waals surface area contributed by atoms with Gasteiger partial charge in [-0.25, -0.2) is 9.59 Å². The van der Waals surface area contributed by atoms with Gasteiger partial charge in [-0.1, -0.05) is 0 Å². The number of nitrogens with zero attached hydrogens (tertiary/aromatic N) is 2. The minimum atomic E-state index is -0.928. The summed E-state index contributed by atoms with van der Waals surface area (Å²) in [5.74, 6) is -0.000986. The number of rotatable bonds is 5. The molecule has 7 heteroatoms. The van der Waals surface area contributed by atoms with Crippen molar-refractivity contribution in [3.63, 3.8) is 0 Å². The minimum Gasteiger partial charge on any atom is -0.480 e. The number of urea groups is 1. The van der Waals surface area contributed by atoms with E-state index in [2.05, 4.69) is 24.2 Å². The van der Waals surface area contributed by atoms with Crippen LogP contribution in [0.15, 0.2) is 0 Å².